The minimum absolute atomic E-state index is 0.388. The molecule has 4 nitrogen and oxygen atoms in total. The first kappa shape index (κ1) is 16.0. The molecule has 0 saturated heterocycles. The smallest absolute Gasteiger partial charge is 0.388 e. The van der Waals surface area contributed by atoms with Crippen LogP contribution in [0.3, 0.4) is 0 Å². The van der Waals surface area contributed by atoms with Gasteiger partial charge in [0.15, 0.2) is 0 Å². The van der Waals surface area contributed by atoms with Gasteiger partial charge in [-0.05, 0) is 6.07 Å². The molecule has 1 aromatic rings. The van der Waals surface area contributed by atoms with E-state index in [-0.39, 0.29) is 0 Å². The molecule has 0 radical (unpaired) electrons. The van der Waals surface area contributed by atoms with Gasteiger partial charge in [0.2, 0.25) is 5.88 Å². The number of nitrogens with zero attached hydrogens (tertiary/aromatic N) is 2. The Balaban J connectivity index is 3.42. The fourth-order valence-electron chi connectivity index (χ4n) is 1.38. The van der Waals surface area contributed by atoms with E-state index in [1.165, 1.54) is 6.07 Å². The molecular weight excluding hydrogens is 292 g/mol. The van der Waals surface area contributed by atoms with Crippen LogP contribution in [0, 0.1) is 11.3 Å². The molecule has 1 rings (SSSR count). The third-order valence-corrected chi connectivity index (χ3v) is 2.12. The Kier molecular flexibility index (Phi) is 4.44. The summed E-state index contributed by atoms with van der Waals surface area (Å²) in [7, 11) is 0. The number of pyridine rings is 1. The Morgan fingerprint density at radius 1 is 1.25 bits per heavy atom. The summed E-state index contributed by atoms with van der Waals surface area (Å²) in [5.74, 6) is -1.10. The lowest BCUT2D eigenvalue weighted by molar-refractivity contribution is -0.276. The second kappa shape index (κ2) is 5.54. The Morgan fingerprint density at radius 2 is 1.85 bits per heavy atom. The van der Waals surface area contributed by atoms with E-state index in [9.17, 15) is 26.3 Å². The molecule has 0 fully saturated rings. The van der Waals surface area contributed by atoms with Crippen LogP contribution >= 0.6 is 0 Å². The molecule has 110 valence electrons. The molecule has 0 aromatic carbocycles. The fraction of sp³-hybridized carbons (Fsp3) is 0.400. The van der Waals surface area contributed by atoms with Crippen molar-refractivity contribution in [1.82, 2.24) is 4.98 Å². The SMILES string of the molecule is N#CCc1cc(C(F)(F)F)c(CN)nc1OC(F)(F)F. The number of rotatable bonds is 3. The van der Waals surface area contributed by atoms with E-state index in [2.05, 4.69) is 9.72 Å². The predicted molar refractivity (Wildman–Crippen MR) is 53.1 cm³/mol. The van der Waals surface area contributed by atoms with E-state index in [0.29, 0.717) is 6.07 Å². The largest absolute Gasteiger partial charge is 0.574 e. The highest BCUT2D eigenvalue weighted by Crippen LogP contribution is 2.35. The van der Waals surface area contributed by atoms with E-state index in [1.54, 1.807) is 0 Å². The van der Waals surface area contributed by atoms with Gasteiger partial charge >= 0.3 is 12.5 Å². The quantitative estimate of drug-likeness (QED) is 0.870. The topological polar surface area (TPSA) is 71.9 Å². The van der Waals surface area contributed by atoms with Crippen molar-refractivity contribution in [3.05, 3.63) is 22.9 Å². The fourth-order valence-corrected chi connectivity index (χ4v) is 1.38. The van der Waals surface area contributed by atoms with Gasteiger partial charge in [-0.15, -0.1) is 13.2 Å². The van der Waals surface area contributed by atoms with E-state index in [1.807, 2.05) is 0 Å². The van der Waals surface area contributed by atoms with Crippen molar-refractivity contribution in [1.29, 1.82) is 5.26 Å². The maximum absolute atomic E-state index is 12.7. The zero-order chi connectivity index (χ0) is 15.6. The number of nitrogens with two attached hydrogens (primary N) is 1. The molecule has 0 saturated carbocycles. The summed E-state index contributed by atoms with van der Waals surface area (Å²) in [6.07, 6.45) is -10.7. The number of aromatic nitrogens is 1. The van der Waals surface area contributed by atoms with Crippen molar-refractivity contribution >= 4 is 0 Å². The van der Waals surface area contributed by atoms with Crippen LogP contribution in [0.1, 0.15) is 16.8 Å². The van der Waals surface area contributed by atoms with Crippen molar-refractivity contribution in [2.75, 3.05) is 0 Å². The van der Waals surface area contributed by atoms with Gasteiger partial charge in [0.05, 0.1) is 23.7 Å². The van der Waals surface area contributed by atoms with Crippen LogP contribution < -0.4 is 10.5 Å². The zero-order valence-corrected chi connectivity index (χ0v) is 9.64. The van der Waals surface area contributed by atoms with Crippen LogP contribution in [0.5, 0.6) is 5.88 Å². The summed E-state index contributed by atoms with van der Waals surface area (Å²) >= 11 is 0. The lowest BCUT2D eigenvalue weighted by Crippen LogP contribution is -2.21. The summed E-state index contributed by atoms with van der Waals surface area (Å²) < 4.78 is 78.0. The number of halogens is 6. The van der Waals surface area contributed by atoms with E-state index in [0.717, 1.165) is 0 Å². The van der Waals surface area contributed by atoms with Crippen molar-refractivity contribution in [2.45, 2.75) is 25.5 Å². The second-order valence-corrected chi connectivity index (χ2v) is 3.53. The maximum atomic E-state index is 12.7. The molecule has 1 heterocycles. The maximum Gasteiger partial charge on any atom is 0.574 e. The highest BCUT2D eigenvalue weighted by atomic mass is 19.4. The molecule has 0 aliphatic heterocycles. The summed E-state index contributed by atoms with van der Waals surface area (Å²) in [5.41, 5.74) is 2.34. The molecule has 0 amide bonds. The first-order valence-corrected chi connectivity index (χ1v) is 5.01. The third kappa shape index (κ3) is 3.99. The van der Waals surface area contributed by atoms with Crippen molar-refractivity contribution < 1.29 is 31.1 Å². The zero-order valence-electron chi connectivity index (χ0n) is 9.64. The first-order valence-electron chi connectivity index (χ1n) is 5.01. The van der Waals surface area contributed by atoms with Crippen LogP contribution in [0.4, 0.5) is 26.3 Å². The van der Waals surface area contributed by atoms with Gasteiger partial charge in [-0.25, -0.2) is 4.98 Å². The van der Waals surface area contributed by atoms with E-state index >= 15 is 0 Å². The van der Waals surface area contributed by atoms with Crippen LogP contribution in [0.2, 0.25) is 0 Å². The average Bonchev–Trinajstić information content (AvgIpc) is 2.27. The third-order valence-electron chi connectivity index (χ3n) is 2.12. The number of nitriles is 1. The van der Waals surface area contributed by atoms with Gasteiger partial charge in [-0.1, -0.05) is 0 Å². The summed E-state index contributed by atoms with van der Waals surface area (Å²) in [6.45, 7) is -0.726. The Hall–Kier alpha value is -2.02. The number of hydrogen-bond acceptors (Lipinski definition) is 4. The van der Waals surface area contributed by atoms with E-state index < -0.39 is 48.2 Å². The molecule has 0 atom stereocenters. The van der Waals surface area contributed by atoms with Gasteiger partial charge in [0.1, 0.15) is 0 Å². The highest BCUT2D eigenvalue weighted by molar-refractivity contribution is 5.37. The van der Waals surface area contributed by atoms with Crippen LogP contribution in [0.25, 0.3) is 0 Å². The summed E-state index contributed by atoms with van der Waals surface area (Å²) in [6, 6.07) is 1.83. The van der Waals surface area contributed by atoms with Crippen molar-refractivity contribution in [2.24, 2.45) is 5.73 Å². The first-order chi connectivity index (χ1) is 9.08. The van der Waals surface area contributed by atoms with Gasteiger partial charge in [-0.3, -0.25) is 0 Å². The van der Waals surface area contributed by atoms with Gasteiger partial charge in [-0.2, -0.15) is 18.4 Å². The standard InChI is InChI=1S/C10H7F6N3O/c11-9(12,13)6-3-5(1-2-17)8(19-7(6)4-18)20-10(14,15)16/h3H,1,4,18H2. The number of hydrogen-bond donors (Lipinski definition) is 1. The lowest BCUT2D eigenvalue weighted by atomic mass is 10.1. The monoisotopic (exact) mass is 299 g/mol. The molecular formula is C10H7F6N3O. The van der Waals surface area contributed by atoms with Gasteiger partial charge in [0, 0.05) is 12.1 Å². The molecule has 1 aromatic heterocycles. The molecule has 2 N–H and O–H groups in total. The van der Waals surface area contributed by atoms with Crippen LogP contribution in [-0.2, 0) is 19.1 Å². The normalized spacial score (nSPS) is 12.1. The summed E-state index contributed by atoms with van der Waals surface area (Å²) in [4.78, 5) is 3.12. The Morgan fingerprint density at radius 3 is 2.25 bits per heavy atom. The van der Waals surface area contributed by atoms with Gasteiger partial charge < -0.3 is 10.5 Å². The molecule has 0 aliphatic rings. The molecule has 0 unspecified atom stereocenters. The molecule has 20 heavy (non-hydrogen) atoms. The van der Waals surface area contributed by atoms with Crippen molar-refractivity contribution in [3.8, 4) is 11.9 Å². The molecule has 0 bridgehead atoms. The minimum Gasteiger partial charge on any atom is -0.388 e. The highest BCUT2D eigenvalue weighted by Gasteiger charge is 2.37. The Labute approximate surface area is 108 Å². The second-order valence-electron chi connectivity index (χ2n) is 3.53. The molecule has 0 aliphatic carbocycles. The molecule has 0 spiro atoms. The molecule has 10 heteroatoms. The predicted octanol–water partition coefficient (Wildman–Crippen LogP) is 2.52. The van der Waals surface area contributed by atoms with E-state index in [4.69, 9.17) is 11.0 Å². The number of alkyl halides is 6. The Bertz CT molecular complexity index is 532. The van der Waals surface area contributed by atoms with Crippen molar-refractivity contribution in [3.63, 3.8) is 0 Å². The summed E-state index contributed by atoms with van der Waals surface area (Å²) in [5, 5.41) is 8.44. The van der Waals surface area contributed by atoms with Gasteiger partial charge in [0.25, 0.3) is 0 Å². The average molecular weight is 299 g/mol. The van der Waals surface area contributed by atoms with Crippen LogP contribution in [0.15, 0.2) is 6.07 Å². The number of ether oxygens (including phenoxy) is 1. The van der Waals surface area contributed by atoms with Crippen LogP contribution in [-0.4, -0.2) is 11.3 Å². The minimum atomic E-state index is -5.14. The lowest BCUT2D eigenvalue weighted by Gasteiger charge is -2.16.